The van der Waals surface area contributed by atoms with Crippen molar-refractivity contribution in [3.63, 3.8) is 0 Å². The van der Waals surface area contributed by atoms with E-state index in [0.29, 0.717) is 29.4 Å². The van der Waals surface area contributed by atoms with Gasteiger partial charge in [-0.3, -0.25) is 4.57 Å². The highest BCUT2D eigenvalue weighted by atomic mass is 35.5. The summed E-state index contributed by atoms with van der Waals surface area (Å²) < 4.78 is 40.2. The van der Waals surface area contributed by atoms with Crippen LogP contribution in [-0.4, -0.2) is 23.8 Å². The van der Waals surface area contributed by atoms with E-state index in [-0.39, 0.29) is 11.6 Å². The van der Waals surface area contributed by atoms with E-state index >= 15 is 0 Å². The van der Waals surface area contributed by atoms with Gasteiger partial charge in [-0.05, 0) is 66.1 Å². The lowest BCUT2D eigenvalue weighted by Crippen LogP contribution is -2.23. The Morgan fingerprint density at radius 1 is 0.857 bits per heavy atom. The molecule has 0 bridgehead atoms. The Bertz CT molecular complexity index is 1330. The topological polar surface area (TPSA) is 36.3 Å². The molecular formula is C28H27ClF2N2O2. The van der Waals surface area contributed by atoms with E-state index in [0.717, 1.165) is 28.3 Å². The molecule has 0 aliphatic heterocycles. The first-order chi connectivity index (χ1) is 16.7. The smallest absolute Gasteiger partial charge is 0.161 e. The number of aromatic nitrogens is 2. The maximum Gasteiger partial charge on any atom is 0.161 e. The minimum absolute atomic E-state index is 0.311. The van der Waals surface area contributed by atoms with E-state index in [2.05, 4.69) is 13.8 Å². The van der Waals surface area contributed by atoms with Crippen molar-refractivity contribution in [2.24, 2.45) is 0 Å². The molecule has 0 amide bonds. The molecule has 182 valence electrons. The van der Waals surface area contributed by atoms with Crippen molar-refractivity contribution >= 4 is 11.6 Å². The van der Waals surface area contributed by atoms with E-state index in [4.69, 9.17) is 26.1 Å². The molecule has 0 aliphatic rings. The van der Waals surface area contributed by atoms with Crippen LogP contribution in [0.2, 0.25) is 5.02 Å². The van der Waals surface area contributed by atoms with Crippen LogP contribution < -0.4 is 9.47 Å². The molecule has 1 aromatic heterocycles. The van der Waals surface area contributed by atoms with Crippen molar-refractivity contribution in [3.05, 3.63) is 106 Å². The molecule has 7 heteroatoms. The Labute approximate surface area is 209 Å². The van der Waals surface area contributed by atoms with Crippen LogP contribution in [0.1, 0.15) is 36.5 Å². The Hall–Kier alpha value is -3.38. The average molecular weight is 497 g/mol. The highest BCUT2D eigenvalue weighted by Gasteiger charge is 2.30. The van der Waals surface area contributed by atoms with Gasteiger partial charge in [0.2, 0.25) is 0 Å². The van der Waals surface area contributed by atoms with Crippen molar-refractivity contribution in [2.75, 3.05) is 14.2 Å². The number of ether oxygens (including phenoxy) is 2. The standard InChI is InChI=1S/C28H27ClF2N2O2/c1-28(2,19-7-13-24(34-3)25(15-19)35-4)26-17-32-27(33(26)22-11-9-20(30)10-12-22)14-6-18-5-8-21(31)16-23(18)29/h5,7-13,15-17H,6,14H2,1-4H3. The van der Waals surface area contributed by atoms with Crippen LogP contribution in [0.4, 0.5) is 8.78 Å². The Morgan fingerprint density at radius 3 is 2.20 bits per heavy atom. The molecule has 4 aromatic rings. The Morgan fingerprint density at radius 2 is 1.54 bits per heavy atom. The zero-order valence-corrected chi connectivity index (χ0v) is 20.9. The van der Waals surface area contributed by atoms with Crippen molar-refractivity contribution in [2.45, 2.75) is 32.1 Å². The van der Waals surface area contributed by atoms with Crippen LogP contribution in [0.3, 0.4) is 0 Å². The molecule has 3 aromatic carbocycles. The second-order valence-electron chi connectivity index (χ2n) is 8.80. The normalized spacial score (nSPS) is 11.5. The third-order valence-electron chi connectivity index (χ3n) is 6.30. The predicted octanol–water partition coefficient (Wildman–Crippen LogP) is 6.93. The number of aryl methyl sites for hydroxylation is 2. The predicted molar refractivity (Wildman–Crippen MR) is 134 cm³/mol. The fraction of sp³-hybridized carbons (Fsp3) is 0.250. The molecule has 0 atom stereocenters. The van der Waals surface area contributed by atoms with Gasteiger partial charge in [0.1, 0.15) is 17.5 Å². The number of rotatable bonds is 8. The van der Waals surface area contributed by atoms with E-state index in [1.807, 2.05) is 29.0 Å². The second kappa shape index (κ2) is 10.1. The lowest BCUT2D eigenvalue weighted by molar-refractivity contribution is 0.353. The van der Waals surface area contributed by atoms with Crippen molar-refractivity contribution in [1.82, 2.24) is 9.55 Å². The van der Waals surface area contributed by atoms with Crippen molar-refractivity contribution in [3.8, 4) is 17.2 Å². The fourth-order valence-corrected chi connectivity index (χ4v) is 4.49. The van der Waals surface area contributed by atoms with Gasteiger partial charge in [0.05, 0.1) is 19.9 Å². The van der Waals surface area contributed by atoms with E-state index in [1.54, 1.807) is 32.4 Å². The molecule has 4 rings (SSSR count). The van der Waals surface area contributed by atoms with Gasteiger partial charge in [-0.2, -0.15) is 0 Å². The summed E-state index contributed by atoms with van der Waals surface area (Å²) in [5.74, 6) is 1.40. The number of nitrogens with zero attached hydrogens (tertiary/aromatic N) is 2. The van der Waals surface area contributed by atoms with Crippen LogP contribution >= 0.6 is 11.6 Å². The van der Waals surface area contributed by atoms with Crippen LogP contribution in [0.15, 0.2) is 66.9 Å². The Kier molecular flexibility index (Phi) is 7.13. The quantitative estimate of drug-likeness (QED) is 0.265. The number of methoxy groups -OCH3 is 2. The zero-order valence-electron chi connectivity index (χ0n) is 20.1. The van der Waals surface area contributed by atoms with E-state index < -0.39 is 5.41 Å². The lowest BCUT2D eigenvalue weighted by Gasteiger charge is -2.28. The first-order valence-electron chi connectivity index (χ1n) is 11.2. The van der Waals surface area contributed by atoms with Gasteiger partial charge in [-0.25, -0.2) is 13.8 Å². The molecule has 1 heterocycles. The maximum atomic E-state index is 13.7. The molecule has 0 radical (unpaired) electrons. The zero-order chi connectivity index (χ0) is 25.2. The van der Waals surface area contributed by atoms with Gasteiger partial charge in [0, 0.05) is 28.7 Å². The van der Waals surface area contributed by atoms with Crippen LogP contribution in [-0.2, 0) is 18.3 Å². The number of hydrogen-bond acceptors (Lipinski definition) is 3. The molecule has 0 unspecified atom stereocenters. The third-order valence-corrected chi connectivity index (χ3v) is 6.65. The van der Waals surface area contributed by atoms with Crippen LogP contribution in [0, 0.1) is 11.6 Å². The fourth-order valence-electron chi connectivity index (χ4n) is 4.23. The number of hydrogen-bond donors (Lipinski definition) is 0. The molecule has 0 saturated heterocycles. The van der Waals surface area contributed by atoms with Crippen LogP contribution in [0.25, 0.3) is 5.69 Å². The largest absolute Gasteiger partial charge is 0.493 e. The van der Waals surface area contributed by atoms with Gasteiger partial charge < -0.3 is 9.47 Å². The van der Waals surface area contributed by atoms with Gasteiger partial charge in [-0.15, -0.1) is 0 Å². The van der Waals surface area contributed by atoms with E-state index in [9.17, 15) is 8.78 Å². The summed E-state index contributed by atoms with van der Waals surface area (Å²) in [6.45, 7) is 4.21. The minimum Gasteiger partial charge on any atom is -0.493 e. The molecule has 0 N–H and O–H groups in total. The van der Waals surface area contributed by atoms with Crippen molar-refractivity contribution < 1.29 is 18.3 Å². The van der Waals surface area contributed by atoms with E-state index in [1.165, 1.54) is 24.3 Å². The third kappa shape index (κ3) is 5.03. The summed E-state index contributed by atoms with van der Waals surface area (Å²) in [6.07, 6.45) is 2.99. The van der Waals surface area contributed by atoms with Crippen molar-refractivity contribution in [1.29, 1.82) is 0 Å². The molecule has 0 spiro atoms. The Balaban J connectivity index is 1.78. The number of halogens is 3. The average Bonchev–Trinajstić information content (AvgIpc) is 3.28. The first kappa shape index (κ1) is 24.7. The molecule has 0 fully saturated rings. The van der Waals surface area contributed by atoms with Gasteiger partial charge in [0.15, 0.2) is 11.5 Å². The molecule has 0 aliphatic carbocycles. The highest BCUT2D eigenvalue weighted by Crippen LogP contribution is 2.38. The molecule has 35 heavy (non-hydrogen) atoms. The summed E-state index contributed by atoms with van der Waals surface area (Å²) in [4.78, 5) is 4.74. The van der Waals surface area contributed by atoms with Gasteiger partial charge in [0.25, 0.3) is 0 Å². The van der Waals surface area contributed by atoms with Crippen LogP contribution in [0.5, 0.6) is 11.5 Å². The summed E-state index contributed by atoms with van der Waals surface area (Å²) in [7, 11) is 3.21. The SMILES string of the molecule is COc1ccc(C(C)(C)c2cnc(CCc3ccc(F)cc3Cl)n2-c2ccc(F)cc2)cc1OC. The minimum atomic E-state index is -0.479. The maximum absolute atomic E-state index is 13.7. The summed E-state index contributed by atoms with van der Waals surface area (Å²) in [5.41, 5.74) is 3.09. The monoisotopic (exact) mass is 496 g/mol. The molecule has 0 saturated carbocycles. The number of imidazole rings is 1. The second-order valence-corrected chi connectivity index (χ2v) is 9.21. The highest BCUT2D eigenvalue weighted by molar-refractivity contribution is 6.31. The summed E-state index contributed by atoms with van der Waals surface area (Å²) in [6, 6.07) is 16.6. The first-order valence-corrected chi connectivity index (χ1v) is 11.6. The summed E-state index contributed by atoms with van der Waals surface area (Å²) >= 11 is 6.25. The molecule has 4 nitrogen and oxygen atoms in total. The number of benzene rings is 3. The lowest BCUT2D eigenvalue weighted by atomic mass is 9.81. The van der Waals surface area contributed by atoms with Gasteiger partial charge in [-0.1, -0.05) is 37.6 Å². The summed E-state index contributed by atoms with van der Waals surface area (Å²) in [5, 5.41) is 0.385. The van der Waals surface area contributed by atoms with Gasteiger partial charge >= 0.3 is 0 Å². The molecular weight excluding hydrogens is 470 g/mol.